The Morgan fingerprint density at radius 2 is 1.82 bits per heavy atom. The van der Waals surface area contributed by atoms with Crippen molar-refractivity contribution in [3.8, 4) is 0 Å². The third kappa shape index (κ3) is 2.55. The average Bonchev–Trinajstić information content (AvgIpc) is 1.93. The Morgan fingerprint density at radius 3 is 2.27 bits per heavy atom. The lowest BCUT2D eigenvalue weighted by molar-refractivity contribution is 1.33. The second-order valence-electron chi connectivity index (χ2n) is 2.38. The molecule has 4 N–H and O–H groups in total. The number of nitrogens with two attached hydrogens (primary N) is 2. The molecule has 0 amide bonds. The lowest BCUT2D eigenvalue weighted by Crippen LogP contribution is -2.10. The van der Waals surface area contributed by atoms with Gasteiger partial charge in [0.25, 0.3) is 0 Å². The summed E-state index contributed by atoms with van der Waals surface area (Å²) < 4.78 is 0. The Labute approximate surface area is 71.2 Å². The van der Waals surface area contributed by atoms with Crippen LogP contribution in [-0.2, 0) is 6.42 Å². The van der Waals surface area contributed by atoms with Gasteiger partial charge in [-0.25, -0.2) is 0 Å². The van der Waals surface area contributed by atoms with Gasteiger partial charge in [0, 0.05) is 12.1 Å². The first-order valence-corrected chi connectivity index (χ1v) is 3.72. The van der Waals surface area contributed by atoms with E-state index >= 15 is 0 Å². The third-order valence-corrected chi connectivity index (χ3v) is 1.50. The Kier molecular flexibility index (Phi) is 2.44. The maximum absolute atomic E-state index is 5.49. The molecule has 0 aliphatic rings. The van der Waals surface area contributed by atoms with Crippen molar-refractivity contribution >= 4 is 22.9 Å². The van der Waals surface area contributed by atoms with E-state index in [1.807, 2.05) is 24.3 Å². The molecule has 0 atom stereocenters. The van der Waals surface area contributed by atoms with Crippen LogP contribution in [0.25, 0.3) is 0 Å². The zero-order chi connectivity index (χ0) is 8.27. The SMILES string of the molecule is NC(=S)Cc1ccc(N)cc1. The second kappa shape index (κ2) is 3.34. The van der Waals surface area contributed by atoms with Crippen LogP contribution in [-0.4, -0.2) is 4.99 Å². The molecule has 0 saturated heterocycles. The molecule has 0 saturated carbocycles. The van der Waals surface area contributed by atoms with E-state index in [0.717, 1.165) is 11.3 Å². The van der Waals surface area contributed by atoms with Crippen LogP contribution >= 0.6 is 12.2 Å². The van der Waals surface area contributed by atoms with Crippen molar-refractivity contribution in [1.29, 1.82) is 0 Å². The highest BCUT2D eigenvalue weighted by atomic mass is 32.1. The molecule has 0 aliphatic heterocycles. The first-order valence-electron chi connectivity index (χ1n) is 3.31. The molecule has 11 heavy (non-hydrogen) atoms. The Bertz CT molecular complexity index is 253. The van der Waals surface area contributed by atoms with Gasteiger partial charge in [0.15, 0.2) is 0 Å². The monoisotopic (exact) mass is 166 g/mol. The van der Waals surface area contributed by atoms with E-state index in [2.05, 4.69) is 0 Å². The number of benzene rings is 1. The van der Waals surface area contributed by atoms with Gasteiger partial charge in [0.05, 0.1) is 4.99 Å². The van der Waals surface area contributed by atoms with E-state index in [-0.39, 0.29) is 0 Å². The quantitative estimate of drug-likeness (QED) is 0.511. The standard InChI is InChI=1S/C8H10N2S/c9-7-3-1-6(2-4-7)5-8(10)11/h1-4H,5,9H2,(H2,10,11). The molecule has 0 heterocycles. The molecule has 1 aromatic carbocycles. The number of thiocarbonyl (C=S) groups is 1. The highest BCUT2D eigenvalue weighted by Crippen LogP contribution is 2.05. The summed E-state index contributed by atoms with van der Waals surface area (Å²) in [6, 6.07) is 7.53. The predicted molar refractivity (Wildman–Crippen MR) is 51.3 cm³/mol. The minimum atomic E-state index is 0.509. The van der Waals surface area contributed by atoms with E-state index in [1.165, 1.54) is 0 Å². The van der Waals surface area contributed by atoms with Crippen molar-refractivity contribution in [1.82, 2.24) is 0 Å². The maximum Gasteiger partial charge on any atom is 0.0771 e. The molecule has 2 nitrogen and oxygen atoms in total. The van der Waals surface area contributed by atoms with Crippen molar-refractivity contribution in [2.75, 3.05) is 5.73 Å². The fraction of sp³-hybridized carbons (Fsp3) is 0.125. The molecular weight excluding hydrogens is 156 g/mol. The van der Waals surface area contributed by atoms with Gasteiger partial charge in [-0.15, -0.1) is 0 Å². The van der Waals surface area contributed by atoms with Crippen LogP contribution in [0.3, 0.4) is 0 Å². The highest BCUT2D eigenvalue weighted by Gasteiger charge is 1.93. The number of nitrogen functional groups attached to an aromatic ring is 1. The molecule has 0 spiro atoms. The molecule has 1 aromatic rings. The summed E-state index contributed by atoms with van der Waals surface area (Å²) in [5.41, 5.74) is 12.7. The topological polar surface area (TPSA) is 52.0 Å². The van der Waals surface area contributed by atoms with Crippen LogP contribution in [0.2, 0.25) is 0 Å². The van der Waals surface area contributed by atoms with Gasteiger partial charge in [0.2, 0.25) is 0 Å². The number of hydrogen-bond acceptors (Lipinski definition) is 2. The Morgan fingerprint density at radius 1 is 1.27 bits per heavy atom. The van der Waals surface area contributed by atoms with Gasteiger partial charge in [-0.1, -0.05) is 24.4 Å². The fourth-order valence-corrected chi connectivity index (χ4v) is 1.00. The molecule has 3 heteroatoms. The van der Waals surface area contributed by atoms with E-state index in [1.54, 1.807) is 0 Å². The van der Waals surface area contributed by atoms with Crippen molar-refractivity contribution in [2.24, 2.45) is 5.73 Å². The van der Waals surface area contributed by atoms with E-state index in [4.69, 9.17) is 23.7 Å². The largest absolute Gasteiger partial charge is 0.399 e. The van der Waals surface area contributed by atoms with Crippen LogP contribution in [0.5, 0.6) is 0 Å². The number of hydrogen-bond donors (Lipinski definition) is 2. The molecule has 0 aromatic heterocycles. The van der Waals surface area contributed by atoms with Crippen LogP contribution in [0.15, 0.2) is 24.3 Å². The van der Waals surface area contributed by atoms with Crippen LogP contribution in [0.1, 0.15) is 5.56 Å². The number of anilines is 1. The summed E-state index contributed by atoms with van der Waals surface area (Å²) in [7, 11) is 0. The maximum atomic E-state index is 5.49. The smallest absolute Gasteiger partial charge is 0.0771 e. The first-order chi connectivity index (χ1) is 5.18. The zero-order valence-electron chi connectivity index (χ0n) is 6.08. The van der Waals surface area contributed by atoms with E-state index in [0.29, 0.717) is 11.4 Å². The van der Waals surface area contributed by atoms with Gasteiger partial charge >= 0.3 is 0 Å². The van der Waals surface area contributed by atoms with Crippen molar-refractivity contribution in [3.05, 3.63) is 29.8 Å². The average molecular weight is 166 g/mol. The zero-order valence-corrected chi connectivity index (χ0v) is 6.90. The van der Waals surface area contributed by atoms with Crippen LogP contribution in [0, 0.1) is 0 Å². The van der Waals surface area contributed by atoms with Gasteiger partial charge < -0.3 is 11.5 Å². The Hall–Kier alpha value is -1.09. The lowest BCUT2D eigenvalue weighted by atomic mass is 10.1. The van der Waals surface area contributed by atoms with Gasteiger partial charge in [-0.2, -0.15) is 0 Å². The summed E-state index contributed by atoms with van der Waals surface area (Å²) in [5, 5.41) is 0. The second-order valence-corrected chi connectivity index (χ2v) is 2.91. The summed E-state index contributed by atoms with van der Waals surface area (Å²) in [6.45, 7) is 0. The van der Waals surface area contributed by atoms with Crippen molar-refractivity contribution < 1.29 is 0 Å². The molecule has 0 radical (unpaired) electrons. The van der Waals surface area contributed by atoms with Gasteiger partial charge in [-0.3, -0.25) is 0 Å². The minimum Gasteiger partial charge on any atom is -0.399 e. The van der Waals surface area contributed by atoms with E-state index in [9.17, 15) is 0 Å². The van der Waals surface area contributed by atoms with Crippen molar-refractivity contribution in [3.63, 3.8) is 0 Å². The Balaban J connectivity index is 2.74. The molecular formula is C8H10N2S. The molecule has 0 aliphatic carbocycles. The molecule has 58 valence electrons. The fourth-order valence-electron chi connectivity index (χ4n) is 0.837. The molecule has 0 fully saturated rings. The van der Waals surface area contributed by atoms with Crippen LogP contribution < -0.4 is 11.5 Å². The number of rotatable bonds is 2. The van der Waals surface area contributed by atoms with E-state index < -0.39 is 0 Å². The van der Waals surface area contributed by atoms with Crippen LogP contribution in [0.4, 0.5) is 5.69 Å². The summed E-state index contributed by atoms with van der Waals surface area (Å²) >= 11 is 4.76. The molecule has 0 bridgehead atoms. The predicted octanol–water partition coefficient (Wildman–Crippen LogP) is 1.10. The minimum absolute atomic E-state index is 0.509. The summed E-state index contributed by atoms with van der Waals surface area (Å²) in [4.78, 5) is 0.509. The highest BCUT2D eigenvalue weighted by molar-refractivity contribution is 7.80. The summed E-state index contributed by atoms with van der Waals surface area (Å²) in [6.07, 6.45) is 0.648. The third-order valence-electron chi connectivity index (χ3n) is 1.36. The molecule has 1 rings (SSSR count). The van der Waals surface area contributed by atoms with Crippen molar-refractivity contribution in [2.45, 2.75) is 6.42 Å². The molecule has 0 unspecified atom stereocenters. The van der Waals surface area contributed by atoms with Gasteiger partial charge in [0.1, 0.15) is 0 Å². The first kappa shape index (κ1) is 8.01. The summed E-state index contributed by atoms with van der Waals surface area (Å²) in [5.74, 6) is 0. The lowest BCUT2D eigenvalue weighted by Gasteiger charge is -1.98. The normalized spacial score (nSPS) is 9.45. The van der Waals surface area contributed by atoms with Gasteiger partial charge in [-0.05, 0) is 17.7 Å².